The summed E-state index contributed by atoms with van der Waals surface area (Å²) in [5.41, 5.74) is 1.64. The topological polar surface area (TPSA) is 61.8 Å². The summed E-state index contributed by atoms with van der Waals surface area (Å²) < 4.78 is 18.3. The lowest BCUT2D eigenvalue weighted by molar-refractivity contribution is -0.208. The summed E-state index contributed by atoms with van der Waals surface area (Å²) in [4.78, 5) is 25.1. The van der Waals surface area contributed by atoms with Gasteiger partial charge in [0.25, 0.3) is 0 Å². The highest BCUT2D eigenvalue weighted by Crippen LogP contribution is 2.58. The highest BCUT2D eigenvalue weighted by molar-refractivity contribution is 6.02. The molecular formula is C22H18O5. The molecule has 0 aliphatic carbocycles. The number of Topliss-reactive ketones (excluding diaryl/α,β-unsaturated/α-hetero) is 1. The number of hydrogen-bond acceptors (Lipinski definition) is 5. The van der Waals surface area contributed by atoms with Crippen LogP contribution in [0, 0.1) is 0 Å². The molecule has 0 aromatic heterocycles. The van der Waals surface area contributed by atoms with Crippen LogP contribution in [0.15, 0.2) is 60.9 Å². The zero-order chi connectivity index (χ0) is 18.8. The van der Waals surface area contributed by atoms with Gasteiger partial charge in [0.05, 0.1) is 0 Å². The minimum atomic E-state index is -1.34. The van der Waals surface area contributed by atoms with Crippen molar-refractivity contribution in [1.29, 1.82) is 0 Å². The zero-order valence-electron chi connectivity index (χ0n) is 14.8. The minimum Gasteiger partial charge on any atom is -0.486 e. The maximum absolute atomic E-state index is 13.0. The van der Waals surface area contributed by atoms with Crippen molar-refractivity contribution in [2.24, 2.45) is 0 Å². The van der Waals surface area contributed by atoms with E-state index in [0.717, 1.165) is 11.1 Å². The second kappa shape index (κ2) is 5.54. The van der Waals surface area contributed by atoms with Crippen LogP contribution in [0.2, 0.25) is 0 Å². The quantitative estimate of drug-likeness (QED) is 0.723. The normalized spacial score (nSPS) is 30.5. The molecule has 0 amide bonds. The molecule has 0 N–H and O–H groups in total. The van der Waals surface area contributed by atoms with Crippen LogP contribution in [0.1, 0.15) is 52.6 Å². The van der Waals surface area contributed by atoms with Crippen molar-refractivity contribution in [3.63, 3.8) is 0 Å². The molecule has 27 heavy (non-hydrogen) atoms. The number of fused-ring (bicyclic) bond motifs is 2. The Bertz CT molecular complexity index is 994. The van der Waals surface area contributed by atoms with Crippen LogP contribution in [0.25, 0.3) is 0 Å². The van der Waals surface area contributed by atoms with Crippen LogP contribution in [0.3, 0.4) is 0 Å². The number of carbonyl (C=O) groups is 2. The molecule has 4 aliphatic heterocycles. The lowest BCUT2D eigenvalue weighted by atomic mass is 9.72. The Balaban J connectivity index is 1.86. The van der Waals surface area contributed by atoms with E-state index in [0.29, 0.717) is 23.3 Å². The van der Waals surface area contributed by atoms with Gasteiger partial charge in [-0.3, -0.25) is 9.59 Å². The second-order valence-corrected chi connectivity index (χ2v) is 7.14. The van der Waals surface area contributed by atoms with Gasteiger partial charge in [-0.15, -0.1) is 0 Å². The first-order valence-electron chi connectivity index (χ1n) is 8.96. The summed E-state index contributed by atoms with van der Waals surface area (Å²) in [5, 5.41) is 0. The number of benzene rings is 2. The fourth-order valence-electron chi connectivity index (χ4n) is 4.54. The van der Waals surface area contributed by atoms with Crippen molar-refractivity contribution in [3.8, 4) is 0 Å². The Hall–Kier alpha value is -2.92. The van der Waals surface area contributed by atoms with Crippen molar-refractivity contribution in [1.82, 2.24) is 0 Å². The standard InChI is InChI=1S/C22H18O5/c1-12-22(27-13(2)23)17-10-6-5-9-16(17)18(25-12)11-19-20(24)14-7-3-4-8-15(14)21(22)26-19/h3-10,18-19,21H,1,11H2,2H3/t18-,19-,21-,22+/m0/s1. The Labute approximate surface area is 156 Å². The van der Waals surface area contributed by atoms with Gasteiger partial charge in [0.15, 0.2) is 5.78 Å². The van der Waals surface area contributed by atoms with E-state index in [9.17, 15) is 9.59 Å². The molecule has 4 heterocycles. The molecule has 4 aliphatic rings. The third-order valence-corrected chi connectivity index (χ3v) is 5.61. The smallest absolute Gasteiger partial charge is 0.304 e. The third-order valence-electron chi connectivity index (χ3n) is 5.61. The van der Waals surface area contributed by atoms with Gasteiger partial charge >= 0.3 is 5.97 Å². The zero-order valence-corrected chi connectivity index (χ0v) is 14.8. The predicted molar refractivity (Wildman–Crippen MR) is 95.9 cm³/mol. The first kappa shape index (κ1) is 16.3. The van der Waals surface area contributed by atoms with Crippen molar-refractivity contribution in [2.75, 3.05) is 0 Å². The fraction of sp³-hybridized carbons (Fsp3) is 0.273. The Morgan fingerprint density at radius 2 is 1.81 bits per heavy atom. The first-order valence-corrected chi connectivity index (χ1v) is 8.96. The van der Waals surface area contributed by atoms with Gasteiger partial charge in [-0.1, -0.05) is 55.1 Å². The van der Waals surface area contributed by atoms with Crippen molar-refractivity contribution in [3.05, 3.63) is 83.1 Å². The molecule has 0 saturated carbocycles. The van der Waals surface area contributed by atoms with Gasteiger partial charge in [-0.05, 0) is 5.56 Å². The molecular weight excluding hydrogens is 344 g/mol. The Morgan fingerprint density at radius 3 is 2.59 bits per heavy atom. The first-order chi connectivity index (χ1) is 13.0. The van der Waals surface area contributed by atoms with Crippen LogP contribution in [0.5, 0.6) is 0 Å². The molecule has 5 nitrogen and oxygen atoms in total. The number of ketones is 1. The minimum absolute atomic E-state index is 0.0703. The molecule has 0 unspecified atom stereocenters. The van der Waals surface area contributed by atoms with Gasteiger partial charge in [-0.2, -0.15) is 0 Å². The SMILES string of the molecule is C=C1O[C@H]2C[C@@H]3O[C@@H](c4ccccc4C3=O)[C@]1(OC(C)=O)c1ccccc12. The number of rotatable bonds is 1. The summed E-state index contributed by atoms with van der Waals surface area (Å²) in [6, 6.07) is 15.0. The van der Waals surface area contributed by atoms with Crippen LogP contribution in [0.4, 0.5) is 0 Å². The molecule has 0 radical (unpaired) electrons. The van der Waals surface area contributed by atoms with Gasteiger partial charge < -0.3 is 14.2 Å². The van der Waals surface area contributed by atoms with Crippen LogP contribution in [-0.4, -0.2) is 17.9 Å². The number of ether oxygens (including phenoxy) is 3. The van der Waals surface area contributed by atoms with Crippen molar-refractivity contribution < 1.29 is 23.8 Å². The van der Waals surface area contributed by atoms with Crippen LogP contribution < -0.4 is 0 Å². The summed E-state index contributed by atoms with van der Waals surface area (Å²) in [7, 11) is 0. The average molecular weight is 362 g/mol. The van der Waals surface area contributed by atoms with E-state index in [1.807, 2.05) is 42.5 Å². The maximum atomic E-state index is 13.0. The van der Waals surface area contributed by atoms with Crippen LogP contribution in [-0.2, 0) is 24.6 Å². The van der Waals surface area contributed by atoms with Gasteiger partial charge in [0.1, 0.15) is 24.1 Å². The summed E-state index contributed by atoms with van der Waals surface area (Å²) >= 11 is 0. The molecule has 4 atom stereocenters. The second-order valence-electron chi connectivity index (χ2n) is 7.14. The van der Waals surface area contributed by atoms with E-state index in [2.05, 4.69) is 6.58 Å². The predicted octanol–water partition coefficient (Wildman–Crippen LogP) is 3.76. The molecule has 5 heteroatoms. The van der Waals surface area contributed by atoms with E-state index in [4.69, 9.17) is 14.2 Å². The molecule has 0 spiro atoms. The van der Waals surface area contributed by atoms with E-state index in [-0.39, 0.29) is 11.9 Å². The Kier molecular flexibility index (Phi) is 3.34. The number of esters is 1. The van der Waals surface area contributed by atoms with E-state index < -0.39 is 23.8 Å². The highest BCUT2D eigenvalue weighted by Gasteiger charge is 2.59. The molecule has 2 aromatic rings. The lowest BCUT2D eigenvalue weighted by Gasteiger charge is -2.51. The lowest BCUT2D eigenvalue weighted by Crippen LogP contribution is -2.52. The van der Waals surface area contributed by atoms with E-state index >= 15 is 0 Å². The van der Waals surface area contributed by atoms with E-state index in [1.165, 1.54) is 6.92 Å². The van der Waals surface area contributed by atoms with Gasteiger partial charge in [0.2, 0.25) is 5.60 Å². The Morgan fingerprint density at radius 1 is 1.11 bits per heavy atom. The van der Waals surface area contributed by atoms with Gasteiger partial charge in [-0.25, -0.2) is 0 Å². The van der Waals surface area contributed by atoms with Crippen LogP contribution >= 0.6 is 0 Å². The average Bonchev–Trinajstić information content (AvgIpc) is 2.65. The summed E-state index contributed by atoms with van der Waals surface area (Å²) in [5.74, 6) is -0.212. The number of hydrogen-bond donors (Lipinski definition) is 0. The van der Waals surface area contributed by atoms with Crippen molar-refractivity contribution >= 4 is 11.8 Å². The molecule has 6 rings (SSSR count). The largest absolute Gasteiger partial charge is 0.486 e. The molecule has 1 fully saturated rings. The van der Waals surface area contributed by atoms with Crippen molar-refractivity contribution in [2.45, 2.75) is 37.3 Å². The molecule has 2 aromatic carbocycles. The van der Waals surface area contributed by atoms with Gasteiger partial charge in [0, 0.05) is 30.0 Å². The monoisotopic (exact) mass is 362 g/mol. The molecule has 4 bridgehead atoms. The summed E-state index contributed by atoms with van der Waals surface area (Å²) in [6.07, 6.45) is -1.37. The molecule has 1 saturated heterocycles. The fourth-order valence-corrected chi connectivity index (χ4v) is 4.54. The maximum Gasteiger partial charge on any atom is 0.304 e. The summed E-state index contributed by atoms with van der Waals surface area (Å²) in [6.45, 7) is 5.45. The molecule has 136 valence electrons. The number of carbonyl (C=O) groups excluding carboxylic acids is 2. The van der Waals surface area contributed by atoms with E-state index in [1.54, 1.807) is 6.07 Å². The third kappa shape index (κ3) is 2.09. The highest BCUT2D eigenvalue weighted by atomic mass is 16.6.